The van der Waals surface area contributed by atoms with E-state index in [9.17, 15) is 0 Å². The SMILES string of the molecule is CN(CCNC1CC1)CCc1ccc2ccccc2c1. The van der Waals surface area contributed by atoms with Crippen LogP contribution in [0.25, 0.3) is 10.8 Å². The van der Waals surface area contributed by atoms with Gasteiger partial charge in [0.1, 0.15) is 0 Å². The van der Waals surface area contributed by atoms with Gasteiger partial charge in [0.2, 0.25) is 0 Å². The van der Waals surface area contributed by atoms with Crippen molar-refractivity contribution in [3.05, 3.63) is 48.0 Å². The quantitative estimate of drug-likeness (QED) is 0.830. The van der Waals surface area contributed by atoms with Crippen LogP contribution in [0, 0.1) is 0 Å². The number of nitrogens with one attached hydrogen (secondary N) is 1. The van der Waals surface area contributed by atoms with Gasteiger partial charge in [-0.15, -0.1) is 0 Å². The Morgan fingerprint density at radius 2 is 1.85 bits per heavy atom. The summed E-state index contributed by atoms with van der Waals surface area (Å²) < 4.78 is 0. The van der Waals surface area contributed by atoms with Crippen LogP contribution in [0.5, 0.6) is 0 Å². The van der Waals surface area contributed by atoms with E-state index in [1.807, 2.05) is 0 Å². The van der Waals surface area contributed by atoms with E-state index in [0.29, 0.717) is 0 Å². The minimum atomic E-state index is 0.823. The van der Waals surface area contributed by atoms with Crippen molar-refractivity contribution in [1.82, 2.24) is 10.2 Å². The van der Waals surface area contributed by atoms with Gasteiger partial charge in [0.05, 0.1) is 0 Å². The van der Waals surface area contributed by atoms with E-state index in [2.05, 4.69) is 59.7 Å². The molecule has 0 heterocycles. The van der Waals surface area contributed by atoms with Crippen LogP contribution in [0.3, 0.4) is 0 Å². The molecule has 1 aliphatic rings. The maximum atomic E-state index is 3.57. The van der Waals surface area contributed by atoms with Crippen LogP contribution < -0.4 is 5.32 Å². The molecule has 1 N–H and O–H groups in total. The van der Waals surface area contributed by atoms with Crippen molar-refractivity contribution in [2.45, 2.75) is 25.3 Å². The van der Waals surface area contributed by atoms with Gasteiger partial charge < -0.3 is 10.2 Å². The summed E-state index contributed by atoms with van der Waals surface area (Å²) in [5.41, 5.74) is 1.44. The molecule has 0 aliphatic heterocycles. The summed E-state index contributed by atoms with van der Waals surface area (Å²) >= 11 is 0. The van der Waals surface area contributed by atoms with Crippen molar-refractivity contribution in [3.8, 4) is 0 Å². The van der Waals surface area contributed by atoms with Crippen molar-refractivity contribution in [1.29, 1.82) is 0 Å². The number of hydrogen-bond acceptors (Lipinski definition) is 2. The van der Waals surface area contributed by atoms with Gasteiger partial charge in [-0.1, -0.05) is 42.5 Å². The lowest BCUT2D eigenvalue weighted by atomic mass is 10.1. The number of likely N-dealkylation sites (N-methyl/N-ethyl adjacent to an activating group) is 1. The molecule has 1 saturated carbocycles. The fourth-order valence-electron chi connectivity index (χ4n) is 2.57. The Bertz CT molecular complexity index is 560. The van der Waals surface area contributed by atoms with Crippen LogP contribution in [-0.4, -0.2) is 37.6 Å². The highest BCUT2D eigenvalue weighted by Gasteiger charge is 2.19. The van der Waals surface area contributed by atoms with Crippen molar-refractivity contribution in [2.24, 2.45) is 0 Å². The number of hydrogen-bond donors (Lipinski definition) is 1. The maximum Gasteiger partial charge on any atom is 0.0104 e. The summed E-state index contributed by atoms with van der Waals surface area (Å²) in [6, 6.07) is 16.2. The third-order valence-corrected chi connectivity index (χ3v) is 4.10. The first-order valence-electron chi connectivity index (χ1n) is 7.71. The van der Waals surface area contributed by atoms with E-state index in [4.69, 9.17) is 0 Å². The Morgan fingerprint density at radius 3 is 2.65 bits per heavy atom. The summed E-state index contributed by atoms with van der Waals surface area (Å²) in [6.07, 6.45) is 3.88. The van der Waals surface area contributed by atoms with Gasteiger partial charge in [0.15, 0.2) is 0 Å². The topological polar surface area (TPSA) is 15.3 Å². The molecule has 0 spiro atoms. The molecule has 2 aromatic carbocycles. The smallest absolute Gasteiger partial charge is 0.0104 e. The van der Waals surface area contributed by atoms with Crippen LogP contribution in [0.4, 0.5) is 0 Å². The molecule has 0 amide bonds. The summed E-state index contributed by atoms with van der Waals surface area (Å²) in [4.78, 5) is 2.42. The number of benzene rings is 2. The molecule has 2 nitrogen and oxygen atoms in total. The predicted octanol–water partition coefficient (Wildman–Crippen LogP) is 3.07. The van der Waals surface area contributed by atoms with Crippen LogP contribution in [0.1, 0.15) is 18.4 Å². The summed E-state index contributed by atoms with van der Waals surface area (Å²) in [6.45, 7) is 3.40. The molecule has 0 saturated heterocycles. The van der Waals surface area contributed by atoms with Gasteiger partial charge in [0, 0.05) is 25.7 Å². The monoisotopic (exact) mass is 268 g/mol. The van der Waals surface area contributed by atoms with Gasteiger partial charge >= 0.3 is 0 Å². The highest BCUT2D eigenvalue weighted by molar-refractivity contribution is 5.82. The lowest BCUT2D eigenvalue weighted by molar-refractivity contribution is 0.335. The highest BCUT2D eigenvalue weighted by atomic mass is 15.1. The summed E-state index contributed by atoms with van der Waals surface area (Å²) in [5.74, 6) is 0. The third-order valence-electron chi connectivity index (χ3n) is 4.10. The van der Waals surface area contributed by atoms with Crippen LogP contribution in [-0.2, 0) is 6.42 Å². The molecule has 0 radical (unpaired) electrons. The lowest BCUT2D eigenvalue weighted by Crippen LogP contribution is -2.31. The Labute approximate surface area is 121 Å². The minimum absolute atomic E-state index is 0.823. The van der Waals surface area contributed by atoms with Crippen LogP contribution in [0.2, 0.25) is 0 Å². The highest BCUT2D eigenvalue weighted by Crippen LogP contribution is 2.18. The van der Waals surface area contributed by atoms with E-state index < -0.39 is 0 Å². The van der Waals surface area contributed by atoms with Crippen LogP contribution in [0.15, 0.2) is 42.5 Å². The Morgan fingerprint density at radius 1 is 1.05 bits per heavy atom. The zero-order valence-electron chi connectivity index (χ0n) is 12.3. The molecule has 106 valence electrons. The van der Waals surface area contributed by atoms with E-state index in [0.717, 1.165) is 32.1 Å². The molecular weight excluding hydrogens is 244 g/mol. The third kappa shape index (κ3) is 3.81. The average molecular weight is 268 g/mol. The maximum absolute atomic E-state index is 3.57. The second-order valence-electron chi connectivity index (χ2n) is 5.96. The van der Waals surface area contributed by atoms with Gasteiger partial charge in [-0.2, -0.15) is 0 Å². The Kier molecular flexibility index (Phi) is 4.34. The fourth-order valence-corrected chi connectivity index (χ4v) is 2.57. The van der Waals surface area contributed by atoms with Gasteiger partial charge in [-0.25, -0.2) is 0 Å². The van der Waals surface area contributed by atoms with Crippen molar-refractivity contribution < 1.29 is 0 Å². The first-order valence-corrected chi connectivity index (χ1v) is 7.71. The molecule has 0 bridgehead atoms. The van der Waals surface area contributed by atoms with E-state index in [-0.39, 0.29) is 0 Å². The first kappa shape index (κ1) is 13.6. The number of nitrogens with zero attached hydrogens (tertiary/aromatic N) is 1. The van der Waals surface area contributed by atoms with E-state index >= 15 is 0 Å². The zero-order valence-corrected chi connectivity index (χ0v) is 12.3. The van der Waals surface area contributed by atoms with Gasteiger partial charge in [0.25, 0.3) is 0 Å². The second kappa shape index (κ2) is 6.38. The lowest BCUT2D eigenvalue weighted by Gasteiger charge is -2.17. The molecule has 1 fully saturated rings. The fraction of sp³-hybridized carbons (Fsp3) is 0.444. The molecule has 2 aromatic rings. The zero-order chi connectivity index (χ0) is 13.8. The van der Waals surface area contributed by atoms with Gasteiger partial charge in [-0.05, 0) is 42.6 Å². The molecule has 1 aliphatic carbocycles. The average Bonchev–Trinajstić information content (AvgIpc) is 3.29. The first-order chi connectivity index (χ1) is 9.81. The molecule has 0 unspecified atom stereocenters. The standard InChI is InChI=1S/C18H24N2/c1-20(13-11-19-18-8-9-18)12-10-15-6-7-16-4-2-3-5-17(16)14-15/h2-7,14,18-19H,8-13H2,1H3. The van der Waals surface area contributed by atoms with Crippen LogP contribution >= 0.6 is 0 Å². The largest absolute Gasteiger partial charge is 0.313 e. The van der Waals surface area contributed by atoms with E-state index in [1.54, 1.807) is 0 Å². The number of rotatable bonds is 7. The summed E-state index contributed by atoms with van der Waals surface area (Å²) in [7, 11) is 2.22. The molecule has 2 heteroatoms. The van der Waals surface area contributed by atoms with Crippen molar-refractivity contribution in [2.75, 3.05) is 26.7 Å². The number of fused-ring (bicyclic) bond motifs is 1. The van der Waals surface area contributed by atoms with Gasteiger partial charge in [-0.3, -0.25) is 0 Å². The molecule has 0 atom stereocenters. The summed E-state index contributed by atoms with van der Waals surface area (Å²) in [5, 5.41) is 6.25. The molecule has 20 heavy (non-hydrogen) atoms. The Balaban J connectivity index is 1.48. The molecule has 3 rings (SSSR count). The minimum Gasteiger partial charge on any atom is -0.313 e. The Hall–Kier alpha value is -1.38. The second-order valence-corrected chi connectivity index (χ2v) is 5.96. The molecule has 0 aromatic heterocycles. The van der Waals surface area contributed by atoms with Crippen molar-refractivity contribution >= 4 is 10.8 Å². The van der Waals surface area contributed by atoms with Crippen molar-refractivity contribution in [3.63, 3.8) is 0 Å². The predicted molar refractivity (Wildman–Crippen MR) is 86.2 cm³/mol. The molecular formula is C18H24N2. The van der Waals surface area contributed by atoms with E-state index in [1.165, 1.54) is 29.2 Å². The normalized spacial score (nSPS) is 15.1.